The first-order chi connectivity index (χ1) is 8.97. The second-order valence-electron chi connectivity index (χ2n) is 4.89. The minimum atomic E-state index is 0.0256. The van der Waals surface area contributed by atoms with E-state index in [-0.39, 0.29) is 5.78 Å². The molecule has 1 unspecified atom stereocenters. The summed E-state index contributed by atoms with van der Waals surface area (Å²) < 4.78 is 0. The second-order valence-corrected chi connectivity index (χ2v) is 5.73. The highest BCUT2D eigenvalue weighted by molar-refractivity contribution is 6.36. The molecule has 1 atom stereocenters. The topological polar surface area (TPSA) is 20.3 Å². The number of nitrogens with zero attached hydrogens (tertiary/aromatic N) is 1. The van der Waals surface area contributed by atoms with E-state index in [1.54, 1.807) is 18.2 Å². The normalized spacial score (nSPS) is 12.7. The molecular weight excluding hydrogens is 281 g/mol. The lowest BCUT2D eigenvalue weighted by Gasteiger charge is -2.23. The molecule has 0 saturated carbocycles. The fourth-order valence-corrected chi connectivity index (χ4v) is 2.27. The van der Waals surface area contributed by atoms with Crippen molar-refractivity contribution in [1.82, 2.24) is 4.90 Å². The molecule has 106 valence electrons. The first-order valence-electron chi connectivity index (χ1n) is 6.68. The Labute approximate surface area is 125 Å². The van der Waals surface area contributed by atoms with Gasteiger partial charge in [0.05, 0.1) is 11.6 Å². The Morgan fingerprint density at radius 1 is 1.32 bits per heavy atom. The number of carbonyl (C=O) groups excluding carboxylic acids is 1. The lowest BCUT2D eigenvalue weighted by atomic mass is 10.1. The Morgan fingerprint density at radius 2 is 2.00 bits per heavy atom. The molecule has 1 aromatic rings. The van der Waals surface area contributed by atoms with Crippen LogP contribution < -0.4 is 0 Å². The van der Waals surface area contributed by atoms with Crippen LogP contribution in [-0.2, 0) is 0 Å². The van der Waals surface area contributed by atoms with Gasteiger partial charge in [0.1, 0.15) is 0 Å². The number of rotatable bonds is 7. The van der Waals surface area contributed by atoms with Crippen LogP contribution in [0.1, 0.15) is 37.6 Å². The highest BCUT2D eigenvalue weighted by Crippen LogP contribution is 2.21. The summed E-state index contributed by atoms with van der Waals surface area (Å²) in [6.45, 7) is 8.59. The largest absolute Gasteiger partial charge is 0.296 e. The van der Waals surface area contributed by atoms with Crippen molar-refractivity contribution >= 4 is 29.0 Å². The zero-order valence-corrected chi connectivity index (χ0v) is 13.3. The highest BCUT2D eigenvalue weighted by atomic mass is 35.5. The van der Waals surface area contributed by atoms with Crippen molar-refractivity contribution in [2.45, 2.75) is 27.2 Å². The molecule has 0 aliphatic heterocycles. The Morgan fingerprint density at radius 3 is 2.58 bits per heavy atom. The maximum Gasteiger partial charge on any atom is 0.178 e. The van der Waals surface area contributed by atoms with Crippen LogP contribution in [0.5, 0.6) is 0 Å². The van der Waals surface area contributed by atoms with Crippen molar-refractivity contribution in [3.05, 3.63) is 33.8 Å². The van der Waals surface area contributed by atoms with E-state index >= 15 is 0 Å². The summed E-state index contributed by atoms with van der Waals surface area (Å²) in [7, 11) is 0. The fourth-order valence-electron chi connectivity index (χ4n) is 1.87. The van der Waals surface area contributed by atoms with E-state index in [0.29, 0.717) is 28.1 Å². The van der Waals surface area contributed by atoms with Gasteiger partial charge in [-0.25, -0.2) is 0 Å². The summed E-state index contributed by atoms with van der Waals surface area (Å²) in [4.78, 5) is 14.4. The number of ketones is 1. The molecule has 1 aromatic carbocycles. The number of hydrogen-bond acceptors (Lipinski definition) is 2. The molecule has 0 saturated heterocycles. The lowest BCUT2D eigenvalue weighted by Crippen LogP contribution is -2.33. The van der Waals surface area contributed by atoms with E-state index in [9.17, 15) is 4.79 Å². The van der Waals surface area contributed by atoms with Crippen molar-refractivity contribution in [2.24, 2.45) is 5.92 Å². The summed E-state index contributed by atoms with van der Waals surface area (Å²) >= 11 is 12.0. The van der Waals surface area contributed by atoms with Crippen molar-refractivity contribution in [3.8, 4) is 0 Å². The molecule has 2 nitrogen and oxygen atoms in total. The molecule has 0 bridgehead atoms. The molecular formula is C15H21Cl2NO. The van der Waals surface area contributed by atoms with Gasteiger partial charge < -0.3 is 0 Å². The van der Waals surface area contributed by atoms with Gasteiger partial charge in [0.2, 0.25) is 0 Å². The summed E-state index contributed by atoms with van der Waals surface area (Å²) in [5.74, 6) is 0.611. The number of likely N-dealkylation sites (N-methyl/N-ethyl adjacent to an activating group) is 1. The second kappa shape index (κ2) is 7.88. The van der Waals surface area contributed by atoms with Gasteiger partial charge in [-0.05, 0) is 30.7 Å². The molecule has 0 aromatic heterocycles. The number of benzene rings is 1. The first kappa shape index (κ1) is 16.5. The Kier molecular flexibility index (Phi) is 6.84. The van der Waals surface area contributed by atoms with E-state index < -0.39 is 0 Å². The van der Waals surface area contributed by atoms with Gasteiger partial charge in [-0.1, -0.05) is 50.4 Å². The fraction of sp³-hybridized carbons (Fsp3) is 0.533. The number of Topliss-reactive ketones (excluding diaryl/α,β-unsaturated/α-hetero) is 1. The molecule has 0 spiro atoms. The molecule has 0 amide bonds. The van der Waals surface area contributed by atoms with Gasteiger partial charge in [-0.15, -0.1) is 0 Å². The Balaban J connectivity index is 2.74. The van der Waals surface area contributed by atoms with Crippen LogP contribution in [0.2, 0.25) is 10.0 Å². The maximum absolute atomic E-state index is 12.3. The average molecular weight is 302 g/mol. The average Bonchev–Trinajstić information content (AvgIpc) is 2.40. The van der Waals surface area contributed by atoms with Crippen LogP contribution in [0.25, 0.3) is 0 Å². The third-order valence-electron chi connectivity index (χ3n) is 3.31. The predicted octanol–water partition coefficient (Wildman–Crippen LogP) is 4.54. The first-order valence-corrected chi connectivity index (χ1v) is 7.44. The van der Waals surface area contributed by atoms with Gasteiger partial charge >= 0.3 is 0 Å². The molecule has 19 heavy (non-hydrogen) atoms. The van der Waals surface area contributed by atoms with Crippen LogP contribution >= 0.6 is 23.2 Å². The third-order valence-corrected chi connectivity index (χ3v) is 3.87. The SMILES string of the molecule is CCC(C)CN(CC)CC(=O)c1cc(Cl)ccc1Cl. The van der Waals surface area contributed by atoms with E-state index in [2.05, 4.69) is 25.7 Å². The monoisotopic (exact) mass is 301 g/mol. The summed E-state index contributed by atoms with van der Waals surface area (Å²) in [6, 6.07) is 5.00. The molecule has 0 heterocycles. The summed E-state index contributed by atoms with van der Waals surface area (Å²) in [5, 5.41) is 1.01. The van der Waals surface area contributed by atoms with Crippen molar-refractivity contribution in [1.29, 1.82) is 0 Å². The van der Waals surface area contributed by atoms with Crippen molar-refractivity contribution < 1.29 is 4.79 Å². The van der Waals surface area contributed by atoms with Crippen LogP contribution in [0.3, 0.4) is 0 Å². The van der Waals surface area contributed by atoms with Crippen molar-refractivity contribution in [3.63, 3.8) is 0 Å². The summed E-state index contributed by atoms with van der Waals surface area (Å²) in [5.41, 5.74) is 0.511. The minimum Gasteiger partial charge on any atom is -0.296 e. The third kappa shape index (κ3) is 5.13. The zero-order valence-electron chi connectivity index (χ0n) is 11.7. The van der Waals surface area contributed by atoms with E-state index in [4.69, 9.17) is 23.2 Å². The molecule has 0 aliphatic carbocycles. The maximum atomic E-state index is 12.3. The molecule has 0 N–H and O–H groups in total. The quantitative estimate of drug-likeness (QED) is 0.689. The Bertz CT molecular complexity index is 434. The molecule has 4 heteroatoms. The van der Waals surface area contributed by atoms with Gasteiger partial charge in [0, 0.05) is 17.1 Å². The van der Waals surface area contributed by atoms with E-state index in [1.807, 2.05) is 0 Å². The minimum absolute atomic E-state index is 0.0256. The number of hydrogen-bond donors (Lipinski definition) is 0. The molecule has 0 radical (unpaired) electrons. The van der Waals surface area contributed by atoms with Crippen LogP contribution in [0.4, 0.5) is 0 Å². The lowest BCUT2D eigenvalue weighted by molar-refractivity contribution is 0.0924. The Hall–Kier alpha value is -0.570. The zero-order chi connectivity index (χ0) is 14.4. The molecule has 0 fully saturated rings. The van der Waals surface area contributed by atoms with Gasteiger partial charge in [0.15, 0.2) is 5.78 Å². The standard InChI is InChI=1S/C15H21Cl2NO/c1-4-11(3)9-18(5-2)10-15(19)13-8-12(16)6-7-14(13)17/h6-8,11H,4-5,9-10H2,1-3H3. The number of carbonyl (C=O) groups is 1. The van der Waals surface area contributed by atoms with E-state index in [1.165, 1.54) is 0 Å². The van der Waals surface area contributed by atoms with Crippen LogP contribution in [0, 0.1) is 5.92 Å². The molecule has 1 rings (SSSR count). The smallest absolute Gasteiger partial charge is 0.178 e. The molecule has 0 aliphatic rings. The highest BCUT2D eigenvalue weighted by Gasteiger charge is 2.16. The summed E-state index contributed by atoms with van der Waals surface area (Å²) in [6.07, 6.45) is 1.11. The van der Waals surface area contributed by atoms with Crippen LogP contribution in [-0.4, -0.2) is 30.3 Å². The number of halogens is 2. The van der Waals surface area contributed by atoms with Crippen LogP contribution in [0.15, 0.2) is 18.2 Å². The predicted molar refractivity (Wildman–Crippen MR) is 82.4 cm³/mol. The van der Waals surface area contributed by atoms with Gasteiger partial charge in [0.25, 0.3) is 0 Å². The van der Waals surface area contributed by atoms with E-state index in [0.717, 1.165) is 19.5 Å². The van der Waals surface area contributed by atoms with Crippen molar-refractivity contribution in [2.75, 3.05) is 19.6 Å². The van der Waals surface area contributed by atoms with Gasteiger partial charge in [-0.3, -0.25) is 9.69 Å². The van der Waals surface area contributed by atoms with Gasteiger partial charge in [-0.2, -0.15) is 0 Å².